The number of carbonyl (C=O) groups is 2. The van der Waals surface area contributed by atoms with E-state index in [-0.39, 0.29) is 18.9 Å². The molecular weight excluding hydrogens is 462 g/mol. The van der Waals surface area contributed by atoms with Gasteiger partial charge in [-0.3, -0.25) is 14.5 Å². The largest absolute Gasteiger partial charge is 0.490 e. The van der Waals surface area contributed by atoms with Crippen molar-refractivity contribution in [2.45, 2.75) is 20.3 Å². The van der Waals surface area contributed by atoms with E-state index in [0.29, 0.717) is 40.5 Å². The number of aliphatic carboxylic acids is 1. The molecular formula is C24H25NO6S2. The minimum atomic E-state index is -0.978. The summed E-state index contributed by atoms with van der Waals surface area (Å²) in [6.45, 7) is 5.14. The summed E-state index contributed by atoms with van der Waals surface area (Å²) in [6, 6.07) is 13.2. The molecule has 0 atom stereocenters. The van der Waals surface area contributed by atoms with Crippen molar-refractivity contribution >= 4 is 46.3 Å². The quantitative estimate of drug-likeness (QED) is 0.281. The number of thiocarbonyl (C=S) groups is 1. The molecule has 1 heterocycles. The van der Waals surface area contributed by atoms with Crippen LogP contribution in [0.1, 0.15) is 24.5 Å². The zero-order chi connectivity index (χ0) is 23.8. The number of benzene rings is 2. The number of hydrogen-bond donors (Lipinski definition) is 1. The van der Waals surface area contributed by atoms with Gasteiger partial charge in [-0.2, -0.15) is 0 Å². The lowest BCUT2D eigenvalue weighted by molar-refractivity contribution is -0.137. The van der Waals surface area contributed by atoms with Crippen LogP contribution in [-0.4, -0.2) is 52.6 Å². The molecule has 1 aliphatic rings. The molecule has 0 bridgehead atoms. The molecule has 0 unspecified atom stereocenters. The minimum Gasteiger partial charge on any atom is -0.490 e. The van der Waals surface area contributed by atoms with Crippen LogP contribution in [0.4, 0.5) is 0 Å². The summed E-state index contributed by atoms with van der Waals surface area (Å²) in [7, 11) is 0. The van der Waals surface area contributed by atoms with Crippen LogP contribution in [0, 0.1) is 6.92 Å². The summed E-state index contributed by atoms with van der Waals surface area (Å²) in [5, 5.41) is 8.86. The number of hydrogen-bond acceptors (Lipinski definition) is 7. The van der Waals surface area contributed by atoms with Crippen LogP contribution >= 0.6 is 24.0 Å². The van der Waals surface area contributed by atoms with E-state index >= 15 is 0 Å². The van der Waals surface area contributed by atoms with Crippen LogP contribution in [0.3, 0.4) is 0 Å². The molecule has 2 aromatic rings. The van der Waals surface area contributed by atoms with Gasteiger partial charge >= 0.3 is 5.97 Å². The number of thioether (sulfide) groups is 1. The van der Waals surface area contributed by atoms with Gasteiger partial charge in [-0.25, -0.2) is 0 Å². The van der Waals surface area contributed by atoms with E-state index in [2.05, 4.69) is 0 Å². The second-order valence-electron chi connectivity index (χ2n) is 7.13. The van der Waals surface area contributed by atoms with E-state index in [4.69, 9.17) is 31.5 Å². The van der Waals surface area contributed by atoms with Crippen molar-refractivity contribution in [1.29, 1.82) is 0 Å². The van der Waals surface area contributed by atoms with Crippen molar-refractivity contribution < 1.29 is 28.9 Å². The Bertz CT molecular complexity index is 1050. The Morgan fingerprint density at radius 1 is 1.09 bits per heavy atom. The van der Waals surface area contributed by atoms with Crippen molar-refractivity contribution in [3.63, 3.8) is 0 Å². The molecule has 174 valence electrons. The third-order valence-electron chi connectivity index (χ3n) is 4.62. The predicted molar refractivity (Wildman–Crippen MR) is 132 cm³/mol. The van der Waals surface area contributed by atoms with Crippen LogP contribution in [-0.2, 0) is 9.59 Å². The highest BCUT2D eigenvalue weighted by molar-refractivity contribution is 8.26. The number of amides is 1. The van der Waals surface area contributed by atoms with Gasteiger partial charge in [0.25, 0.3) is 5.91 Å². The fourth-order valence-electron chi connectivity index (χ4n) is 3.00. The normalized spacial score (nSPS) is 14.6. The van der Waals surface area contributed by atoms with Gasteiger partial charge < -0.3 is 19.3 Å². The van der Waals surface area contributed by atoms with Crippen molar-refractivity contribution in [2.75, 3.05) is 26.4 Å². The van der Waals surface area contributed by atoms with E-state index in [1.807, 2.05) is 44.2 Å². The Hall–Kier alpha value is -3.04. The van der Waals surface area contributed by atoms with Gasteiger partial charge in [0.05, 0.1) is 17.9 Å². The number of rotatable bonds is 11. The maximum absolute atomic E-state index is 12.6. The molecule has 7 nitrogen and oxygen atoms in total. The smallest absolute Gasteiger partial charge is 0.305 e. The predicted octanol–water partition coefficient (Wildman–Crippen LogP) is 4.53. The van der Waals surface area contributed by atoms with Crippen molar-refractivity contribution in [3.05, 3.63) is 58.5 Å². The molecule has 1 N–H and O–H groups in total. The van der Waals surface area contributed by atoms with Gasteiger partial charge in [0.1, 0.15) is 23.3 Å². The summed E-state index contributed by atoms with van der Waals surface area (Å²) in [6.07, 6.45) is 1.56. The Morgan fingerprint density at radius 2 is 1.82 bits per heavy atom. The molecule has 33 heavy (non-hydrogen) atoms. The first-order chi connectivity index (χ1) is 15.9. The summed E-state index contributed by atoms with van der Waals surface area (Å²) < 4.78 is 17.6. The first-order valence-electron chi connectivity index (χ1n) is 10.4. The van der Waals surface area contributed by atoms with E-state index in [0.717, 1.165) is 23.1 Å². The number of carbonyl (C=O) groups excluding carboxylic acids is 1. The van der Waals surface area contributed by atoms with Gasteiger partial charge in [-0.1, -0.05) is 47.7 Å². The van der Waals surface area contributed by atoms with Crippen LogP contribution in [0.15, 0.2) is 47.4 Å². The topological polar surface area (TPSA) is 85.3 Å². The Morgan fingerprint density at radius 3 is 2.52 bits per heavy atom. The second-order valence-corrected chi connectivity index (χ2v) is 8.80. The lowest BCUT2D eigenvalue weighted by Gasteiger charge is -2.13. The molecule has 0 saturated carbocycles. The third kappa shape index (κ3) is 6.97. The molecule has 3 rings (SSSR count). The Balaban J connectivity index is 1.64. The highest BCUT2D eigenvalue weighted by atomic mass is 32.2. The fraction of sp³-hybridized carbons (Fsp3) is 0.292. The number of nitrogens with zero attached hydrogens (tertiary/aromatic N) is 1. The van der Waals surface area contributed by atoms with Gasteiger partial charge in [0.15, 0.2) is 11.5 Å². The van der Waals surface area contributed by atoms with Crippen LogP contribution in [0.25, 0.3) is 6.08 Å². The summed E-state index contributed by atoms with van der Waals surface area (Å²) >= 11 is 6.38. The van der Waals surface area contributed by atoms with Gasteiger partial charge in [0.2, 0.25) is 0 Å². The number of carboxylic acids is 1. The zero-order valence-corrected chi connectivity index (χ0v) is 20.0. The van der Waals surface area contributed by atoms with E-state index in [1.54, 1.807) is 18.2 Å². The van der Waals surface area contributed by atoms with Crippen molar-refractivity contribution in [1.82, 2.24) is 4.90 Å². The highest BCUT2D eigenvalue weighted by Crippen LogP contribution is 2.35. The first-order valence-corrected chi connectivity index (χ1v) is 11.7. The summed E-state index contributed by atoms with van der Waals surface area (Å²) in [5.41, 5.74) is 1.92. The number of aryl methyl sites for hydroxylation is 1. The lowest BCUT2D eigenvalue weighted by atomic mass is 10.2. The zero-order valence-electron chi connectivity index (χ0n) is 18.4. The van der Waals surface area contributed by atoms with Crippen LogP contribution in [0.5, 0.6) is 17.2 Å². The molecule has 0 aliphatic carbocycles. The summed E-state index contributed by atoms with van der Waals surface area (Å²) in [5.74, 6) is 0.649. The Kier molecular flexibility index (Phi) is 8.73. The standard InChI is InChI=1S/C24H25NO6S2/c1-3-29-20-14-17(15-21-23(28)25(24(32)33-21)11-10-22(26)27)6-9-19(20)31-13-12-30-18-7-4-16(2)5-8-18/h4-9,14-15H,3,10-13H2,1-2H3,(H,26,27). The third-order valence-corrected chi connectivity index (χ3v) is 6.00. The maximum atomic E-state index is 12.6. The number of ether oxygens (including phenoxy) is 3. The van der Waals surface area contributed by atoms with Crippen LogP contribution in [0.2, 0.25) is 0 Å². The van der Waals surface area contributed by atoms with E-state index in [1.165, 1.54) is 10.5 Å². The molecule has 0 aromatic heterocycles. The average Bonchev–Trinajstić information content (AvgIpc) is 3.04. The van der Waals surface area contributed by atoms with E-state index in [9.17, 15) is 9.59 Å². The van der Waals surface area contributed by atoms with Gasteiger partial charge in [-0.05, 0) is 49.8 Å². The SMILES string of the molecule is CCOc1cc(C=C2SC(=S)N(CCC(=O)O)C2=O)ccc1OCCOc1ccc(C)cc1. The molecule has 0 radical (unpaired) electrons. The molecule has 1 amide bonds. The molecule has 1 saturated heterocycles. The highest BCUT2D eigenvalue weighted by Gasteiger charge is 2.32. The molecule has 1 aliphatic heterocycles. The molecule has 1 fully saturated rings. The minimum absolute atomic E-state index is 0.0545. The van der Waals surface area contributed by atoms with Crippen LogP contribution < -0.4 is 14.2 Å². The van der Waals surface area contributed by atoms with Gasteiger partial charge in [0, 0.05) is 6.54 Å². The van der Waals surface area contributed by atoms with E-state index < -0.39 is 5.97 Å². The Labute approximate surface area is 202 Å². The average molecular weight is 488 g/mol. The van der Waals surface area contributed by atoms with Crippen molar-refractivity contribution in [3.8, 4) is 17.2 Å². The lowest BCUT2D eigenvalue weighted by Crippen LogP contribution is -2.30. The molecule has 9 heteroatoms. The maximum Gasteiger partial charge on any atom is 0.305 e. The summed E-state index contributed by atoms with van der Waals surface area (Å²) in [4.78, 5) is 25.2. The van der Waals surface area contributed by atoms with Crippen molar-refractivity contribution in [2.24, 2.45) is 0 Å². The monoisotopic (exact) mass is 487 g/mol. The number of carboxylic acid groups (broad SMARTS) is 1. The first kappa shape index (κ1) is 24.6. The second kappa shape index (κ2) is 11.7. The molecule has 2 aromatic carbocycles. The van der Waals surface area contributed by atoms with Gasteiger partial charge in [-0.15, -0.1) is 0 Å². The fourth-order valence-corrected chi connectivity index (χ4v) is 4.31. The molecule has 0 spiro atoms.